The lowest BCUT2D eigenvalue weighted by Gasteiger charge is -2.07. The third kappa shape index (κ3) is 3.77. The third-order valence-corrected chi connectivity index (χ3v) is 3.85. The molecule has 1 aromatic rings. The van der Waals surface area contributed by atoms with E-state index in [-0.39, 0.29) is 5.75 Å². The number of carboxylic acids is 1. The van der Waals surface area contributed by atoms with Crippen molar-refractivity contribution < 1.29 is 14.1 Å². The van der Waals surface area contributed by atoms with Gasteiger partial charge in [0.05, 0.1) is 5.92 Å². The Morgan fingerprint density at radius 2 is 2.38 bits per heavy atom. The molecule has 1 aromatic heterocycles. The van der Waals surface area contributed by atoms with E-state index in [0.717, 1.165) is 5.82 Å². The van der Waals surface area contributed by atoms with Gasteiger partial charge in [-0.3, -0.25) is 9.00 Å². The van der Waals surface area contributed by atoms with Crippen molar-refractivity contribution >= 4 is 16.8 Å². The molecule has 0 fully saturated rings. The summed E-state index contributed by atoms with van der Waals surface area (Å²) in [4.78, 5) is 14.6. The maximum atomic E-state index is 11.6. The van der Waals surface area contributed by atoms with Crippen molar-refractivity contribution in [2.24, 2.45) is 5.92 Å². The molecule has 1 heterocycles. The minimum absolute atomic E-state index is 0.211. The Morgan fingerprint density at radius 3 is 2.88 bits per heavy atom. The predicted molar refractivity (Wildman–Crippen MR) is 61.6 cm³/mol. The number of carboxylic acid groups (broad SMARTS) is 1. The molecule has 2 atom stereocenters. The highest BCUT2D eigenvalue weighted by atomic mass is 32.2. The highest BCUT2D eigenvalue weighted by Crippen LogP contribution is 2.01. The lowest BCUT2D eigenvalue weighted by molar-refractivity contribution is -0.140. The molecule has 6 heteroatoms. The summed E-state index contributed by atoms with van der Waals surface area (Å²) in [5.41, 5.74) is 0. The first-order chi connectivity index (χ1) is 7.50. The van der Waals surface area contributed by atoms with Crippen LogP contribution >= 0.6 is 0 Å². The van der Waals surface area contributed by atoms with Crippen molar-refractivity contribution in [3.63, 3.8) is 0 Å². The first-order valence-electron chi connectivity index (χ1n) is 5.06. The second-order valence-corrected chi connectivity index (χ2v) is 5.34. The van der Waals surface area contributed by atoms with Crippen LogP contribution in [0, 0.1) is 12.8 Å². The average molecular weight is 244 g/mol. The Morgan fingerprint density at radius 1 is 1.69 bits per heavy atom. The van der Waals surface area contributed by atoms with Crippen LogP contribution in [-0.2, 0) is 22.1 Å². The number of carbonyl (C=O) groups is 1. The average Bonchev–Trinajstić information content (AvgIpc) is 2.61. The Hall–Kier alpha value is -1.17. The molecule has 2 unspecified atom stereocenters. The van der Waals surface area contributed by atoms with Gasteiger partial charge in [0.1, 0.15) is 5.82 Å². The van der Waals surface area contributed by atoms with Crippen LogP contribution in [0.3, 0.4) is 0 Å². The van der Waals surface area contributed by atoms with E-state index in [0.29, 0.717) is 12.3 Å². The second-order valence-electron chi connectivity index (χ2n) is 3.72. The maximum absolute atomic E-state index is 11.6. The Labute approximate surface area is 97.0 Å². The number of hydrogen-bond donors (Lipinski definition) is 1. The van der Waals surface area contributed by atoms with Gasteiger partial charge in [-0.2, -0.15) is 0 Å². The van der Waals surface area contributed by atoms with Crippen LogP contribution in [0.2, 0.25) is 0 Å². The van der Waals surface area contributed by atoms with Gasteiger partial charge >= 0.3 is 5.97 Å². The van der Waals surface area contributed by atoms with Gasteiger partial charge in [0.25, 0.3) is 0 Å². The summed E-state index contributed by atoms with van der Waals surface area (Å²) < 4.78 is 13.5. The molecule has 0 aromatic carbocycles. The second kappa shape index (κ2) is 5.79. The Bertz CT molecular complexity index is 389. The molecule has 0 aliphatic rings. The van der Waals surface area contributed by atoms with Gasteiger partial charge in [-0.15, -0.1) is 0 Å². The molecule has 0 saturated carbocycles. The SMILES string of the molecule is Cc1nccn1CCS(=O)CC(C)C(=O)O. The third-order valence-electron chi connectivity index (χ3n) is 2.34. The normalized spacial score (nSPS) is 14.6. The summed E-state index contributed by atoms with van der Waals surface area (Å²) in [5.74, 6) is 0.109. The summed E-state index contributed by atoms with van der Waals surface area (Å²) in [6.45, 7) is 4.07. The first-order valence-corrected chi connectivity index (χ1v) is 6.55. The smallest absolute Gasteiger partial charge is 0.307 e. The van der Waals surface area contributed by atoms with Crippen molar-refractivity contribution in [2.45, 2.75) is 20.4 Å². The van der Waals surface area contributed by atoms with E-state index in [1.54, 1.807) is 13.1 Å². The number of aryl methyl sites for hydroxylation is 2. The molecule has 1 rings (SSSR count). The topological polar surface area (TPSA) is 72.2 Å². The van der Waals surface area contributed by atoms with E-state index in [4.69, 9.17) is 5.11 Å². The Kier molecular flexibility index (Phi) is 4.67. The molecule has 16 heavy (non-hydrogen) atoms. The van der Waals surface area contributed by atoms with E-state index in [9.17, 15) is 9.00 Å². The predicted octanol–water partition coefficient (Wildman–Crippen LogP) is 0.661. The van der Waals surface area contributed by atoms with Crippen molar-refractivity contribution in [3.05, 3.63) is 18.2 Å². The molecule has 0 radical (unpaired) electrons. The number of aliphatic carboxylic acids is 1. The number of aromatic nitrogens is 2. The van der Waals surface area contributed by atoms with Crippen LogP contribution in [0.5, 0.6) is 0 Å². The van der Waals surface area contributed by atoms with Crippen LogP contribution in [0.15, 0.2) is 12.4 Å². The van der Waals surface area contributed by atoms with Crippen molar-refractivity contribution in [3.8, 4) is 0 Å². The zero-order valence-corrected chi connectivity index (χ0v) is 10.2. The summed E-state index contributed by atoms with van der Waals surface area (Å²) in [7, 11) is -1.09. The van der Waals surface area contributed by atoms with Crippen molar-refractivity contribution in [1.82, 2.24) is 9.55 Å². The standard InChI is InChI=1S/C10H16N2O3S/c1-8(10(13)14)7-16(15)6-5-12-4-3-11-9(12)2/h3-4,8H,5-7H2,1-2H3,(H,13,14). The van der Waals surface area contributed by atoms with E-state index in [1.807, 2.05) is 17.7 Å². The monoisotopic (exact) mass is 244 g/mol. The zero-order valence-electron chi connectivity index (χ0n) is 9.42. The Balaban J connectivity index is 2.36. The number of nitrogens with zero attached hydrogens (tertiary/aromatic N) is 2. The van der Waals surface area contributed by atoms with Gasteiger partial charge in [0.15, 0.2) is 0 Å². The zero-order chi connectivity index (χ0) is 12.1. The lowest BCUT2D eigenvalue weighted by Crippen LogP contribution is -2.20. The molecule has 0 amide bonds. The number of imidazole rings is 1. The van der Waals surface area contributed by atoms with Crippen molar-refractivity contribution in [1.29, 1.82) is 0 Å². The fourth-order valence-electron chi connectivity index (χ4n) is 1.27. The fourth-order valence-corrected chi connectivity index (χ4v) is 2.54. The molecule has 1 N–H and O–H groups in total. The van der Waals surface area contributed by atoms with Crippen LogP contribution in [0.4, 0.5) is 0 Å². The minimum atomic E-state index is -1.09. The molecule has 0 bridgehead atoms. The highest BCUT2D eigenvalue weighted by Gasteiger charge is 2.14. The van der Waals surface area contributed by atoms with Crippen molar-refractivity contribution in [2.75, 3.05) is 11.5 Å². The quantitative estimate of drug-likeness (QED) is 0.798. The van der Waals surface area contributed by atoms with Gasteiger partial charge in [0.2, 0.25) is 0 Å². The van der Waals surface area contributed by atoms with Gasteiger partial charge < -0.3 is 9.67 Å². The minimum Gasteiger partial charge on any atom is -0.481 e. The molecule has 0 aliphatic heterocycles. The van der Waals surface area contributed by atoms with E-state index in [2.05, 4.69) is 4.98 Å². The molecular formula is C10H16N2O3S. The maximum Gasteiger partial charge on any atom is 0.307 e. The van der Waals surface area contributed by atoms with E-state index < -0.39 is 22.7 Å². The summed E-state index contributed by atoms with van der Waals surface area (Å²) in [6.07, 6.45) is 3.52. The number of rotatable bonds is 6. The van der Waals surface area contributed by atoms with Gasteiger partial charge in [-0.1, -0.05) is 6.92 Å². The van der Waals surface area contributed by atoms with Crippen LogP contribution in [0.25, 0.3) is 0 Å². The van der Waals surface area contributed by atoms with Gasteiger partial charge in [-0.05, 0) is 6.92 Å². The summed E-state index contributed by atoms with van der Waals surface area (Å²) >= 11 is 0. The molecule has 0 spiro atoms. The summed E-state index contributed by atoms with van der Waals surface area (Å²) in [6, 6.07) is 0. The van der Waals surface area contributed by atoms with Crippen LogP contribution in [0.1, 0.15) is 12.7 Å². The van der Waals surface area contributed by atoms with Crippen LogP contribution in [-0.4, -0.2) is 36.3 Å². The first kappa shape index (κ1) is 12.9. The number of hydrogen-bond acceptors (Lipinski definition) is 3. The van der Waals surface area contributed by atoms with Gasteiger partial charge in [-0.25, -0.2) is 4.98 Å². The summed E-state index contributed by atoms with van der Waals surface area (Å²) in [5, 5.41) is 8.68. The molecule has 90 valence electrons. The van der Waals surface area contributed by atoms with Crippen LogP contribution < -0.4 is 0 Å². The fraction of sp³-hybridized carbons (Fsp3) is 0.600. The van der Waals surface area contributed by atoms with E-state index in [1.165, 1.54) is 0 Å². The van der Waals surface area contributed by atoms with Gasteiger partial charge in [0, 0.05) is 41.2 Å². The largest absolute Gasteiger partial charge is 0.481 e. The van der Waals surface area contributed by atoms with E-state index >= 15 is 0 Å². The molecule has 5 nitrogen and oxygen atoms in total. The lowest BCUT2D eigenvalue weighted by atomic mass is 10.2. The highest BCUT2D eigenvalue weighted by molar-refractivity contribution is 7.85. The molecule has 0 saturated heterocycles. The molecule has 0 aliphatic carbocycles. The molecular weight excluding hydrogens is 228 g/mol.